The highest BCUT2D eigenvalue weighted by atomic mass is 16.5. The number of rotatable bonds is 6. The third-order valence-electron chi connectivity index (χ3n) is 2.52. The van der Waals surface area contributed by atoms with Gasteiger partial charge in [0.05, 0.1) is 13.2 Å². The lowest BCUT2D eigenvalue weighted by atomic mass is 10.1. The molecule has 2 N–H and O–H groups in total. The molecular formula is C15H25N3O. The van der Waals surface area contributed by atoms with Crippen LogP contribution in [0.5, 0.6) is 0 Å². The number of ether oxygens (including phenoxy) is 1. The minimum atomic E-state index is 0.377. The molecule has 1 aromatic rings. The van der Waals surface area contributed by atoms with Gasteiger partial charge in [-0.25, -0.2) is 4.99 Å². The standard InChI is InChI=1S/C15H25N3O/c1-5-16-15(18-12(2)3)17-10-13-6-8-14(9-7-13)11-19-4/h6-9,12H,5,10-11H2,1-4H3,(H2,16,17,18). The predicted octanol–water partition coefficient (Wildman–Crippen LogP) is 2.30. The second-order valence-electron chi connectivity index (χ2n) is 4.74. The topological polar surface area (TPSA) is 45.7 Å². The minimum Gasteiger partial charge on any atom is -0.380 e. The van der Waals surface area contributed by atoms with E-state index in [1.165, 1.54) is 11.1 Å². The normalized spacial score (nSPS) is 11.7. The molecule has 106 valence electrons. The minimum absolute atomic E-state index is 0.377. The van der Waals surface area contributed by atoms with E-state index in [9.17, 15) is 0 Å². The molecule has 0 aliphatic carbocycles. The molecule has 4 nitrogen and oxygen atoms in total. The number of hydrogen-bond donors (Lipinski definition) is 2. The van der Waals surface area contributed by atoms with Gasteiger partial charge in [-0.05, 0) is 31.9 Å². The summed E-state index contributed by atoms with van der Waals surface area (Å²) >= 11 is 0. The van der Waals surface area contributed by atoms with E-state index in [0.717, 1.165) is 12.5 Å². The lowest BCUT2D eigenvalue weighted by Gasteiger charge is -2.13. The quantitative estimate of drug-likeness (QED) is 0.611. The molecule has 0 saturated heterocycles. The van der Waals surface area contributed by atoms with Gasteiger partial charge in [-0.2, -0.15) is 0 Å². The first-order chi connectivity index (χ1) is 9.15. The smallest absolute Gasteiger partial charge is 0.191 e. The summed E-state index contributed by atoms with van der Waals surface area (Å²) in [5.41, 5.74) is 2.38. The van der Waals surface area contributed by atoms with Gasteiger partial charge < -0.3 is 15.4 Å². The Kier molecular flexibility index (Phi) is 6.97. The summed E-state index contributed by atoms with van der Waals surface area (Å²) in [5.74, 6) is 0.860. The van der Waals surface area contributed by atoms with Crippen molar-refractivity contribution in [1.29, 1.82) is 0 Å². The molecule has 0 radical (unpaired) electrons. The molecule has 0 atom stereocenters. The van der Waals surface area contributed by atoms with Crippen LogP contribution in [-0.4, -0.2) is 25.7 Å². The van der Waals surface area contributed by atoms with Crippen LogP contribution in [0.1, 0.15) is 31.9 Å². The molecule has 0 unspecified atom stereocenters. The first-order valence-electron chi connectivity index (χ1n) is 6.77. The fourth-order valence-corrected chi connectivity index (χ4v) is 1.67. The van der Waals surface area contributed by atoms with Crippen LogP contribution in [0.2, 0.25) is 0 Å². The van der Waals surface area contributed by atoms with Crippen molar-refractivity contribution >= 4 is 5.96 Å². The highest BCUT2D eigenvalue weighted by Crippen LogP contribution is 2.06. The Morgan fingerprint density at radius 1 is 1.21 bits per heavy atom. The Balaban J connectivity index is 2.60. The van der Waals surface area contributed by atoms with Gasteiger partial charge in [-0.3, -0.25) is 0 Å². The third-order valence-corrected chi connectivity index (χ3v) is 2.52. The molecule has 0 fully saturated rings. The van der Waals surface area contributed by atoms with Crippen molar-refractivity contribution in [1.82, 2.24) is 10.6 Å². The van der Waals surface area contributed by atoms with Crippen LogP contribution in [0.15, 0.2) is 29.3 Å². The number of methoxy groups -OCH3 is 1. The van der Waals surface area contributed by atoms with Crippen molar-refractivity contribution in [3.05, 3.63) is 35.4 Å². The average Bonchev–Trinajstić information content (AvgIpc) is 2.38. The van der Waals surface area contributed by atoms with Gasteiger partial charge in [-0.1, -0.05) is 24.3 Å². The number of benzene rings is 1. The fourth-order valence-electron chi connectivity index (χ4n) is 1.67. The third kappa shape index (κ3) is 6.25. The molecular weight excluding hydrogens is 238 g/mol. The van der Waals surface area contributed by atoms with Gasteiger partial charge in [-0.15, -0.1) is 0 Å². The van der Waals surface area contributed by atoms with E-state index < -0.39 is 0 Å². The van der Waals surface area contributed by atoms with Crippen LogP contribution >= 0.6 is 0 Å². The van der Waals surface area contributed by atoms with Crippen LogP contribution < -0.4 is 10.6 Å². The Labute approximate surface area is 116 Å². The number of nitrogens with one attached hydrogen (secondary N) is 2. The van der Waals surface area contributed by atoms with Crippen LogP contribution in [0.25, 0.3) is 0 Å². The van der Waals surface area contributed by atoms with Crippen molar-refractivity contribution in [3.63, 3.8) is 0 Å². The van der Waals surface area contributed by atoms with E-state index in [-0.39, 0.29) is 0 Å². The van der Waals surface area contributed by atoms with Crippen molar-refractivity contribution in [2.45, 2.75) is 40.0 Å². The van der Waals surface area contributed by atoms with E-state index in [1.54, 1.807) is 7.11 Å². The molecule has 0 heterocycles. The lowest BCUT2D eigenvalue weighted by molar-refractivity contribution is 0.185. The first kappa shape index (κ1) is 15.5. The lowest BCUT2D eigenvalue weighted by Crippen LogP contribution is -2.40. The zero-order valence-electron chi connectivity index (χ0n) is 12.4. The van der Waals surface area contributed by atoms with Crippen LogP contribution in [0.3, 0.4) is 0 Å². The first-order valence-corrected chi connectivity index (χ1v) is 6.77. The maximum absolute atomic E-state index is 5.09. The maximum atomic E-state index is 5.09. The molecule has 0 bridgehead atoms. The Bertz CT molecular complexity index is 385. The Hall–Kier alpha value is -1.55. The van der Waals surface area contributed by atoms with Gasteiger partial charge in [0.1, 0.15) is 0 Å². The predicted molar refractivity (Wildman–Crippen MR) is 80.2 cm³/mol. The van der Waals surface area contributed by atoms with Gasteiger partial charge in [0, 0.05) is 19.7 Å². The van der Waals surface area contributed by atoms with Gasteiger partial charge in [0.25, 0.3) is 0 Å². The van der Waals surface area contributed by atoms with Gasteiger partial charge >= 0.3 is 0 Å². The monoisotopic (exact) mass is 263 g/mol. The van der Waals surface area contributed by atoms with E-state index in [1.807, 2.05) is 0 Å². The fraction of sp³-hybridized carbons (Fsp3) is 0.533. The zero-order valence-corrected chi connectivity index (χ0v) is 12.4. The summed E-state index contributed by atoms with van der Waals surface area (Å²) in [6.07, 6.45) is 0. The summed E-state index contributed by atoms with van der Waals surface area (Å²) < 4.78 is 5.09. The largest absolute Gasteiger partial charge is 0.380 e. The molecule has 4 heteroatoms. The number of hydrogen-bond acceptors (Lipinski definition) is 2. The molecule has 1 rings (SSSR count). The van der Waals surface area contributed by atoms with E-state index >= 15 is 0 Å². The Morgan fingerprint density at radius 2 is 1.84 bits per heavy atom. The summed E-state index contributed by atoms with van der Waals surface area (Å²) in [5, 5.41) is 6.54. The number of aliphatic imine (C=N–C) groups is 1. The molecule has 0 amide bonds. The van der Waals surface area contributed by atoms with Gasteiger partial charge in [0.2, 0.25) is 0 Å². The maximum Gasteiger partial charge on any atom is 0.191 e. The summed E-state index contributed by atoms with van der Waals surface area (Å²) in [6.45, 7) is 8.47. The van der Waals surface area contributed by atoms with Crippen LogP contribution in [-0.2, 0) is 17.9 Å². The van der Waals surface area contributed by atoms with Crippen molar-refractivity contribution in [3.8, 4) is 0 Å². The highest BCUT2D eigenvalue weighted by molar-refractivity contribution is 5.79. The molecule has 19 heavy (non-hydrogen) atoms. The second kappa shape index (κ2) is 8.53. The number of nitrogens with zero attached hydrogens (tertiary/aromatic N) is 1. The number of guanidine groups is 1. The highest BCUT2D eigenvalue weighted by Gasteiger charge is 1.99. The van der Waals surface area contributed by atoms with E-state index in [0.29, 0.717) is 19.2 Å². The summed E-state index contributed by atoms with van der Waals surface area (Å²) in [6, 6.07) is 8.73. The molecule has 0 saturated carbocycles. The molecule has 1 aromatic carbocycles. The molecule has 0 aliphatic heterocycles. The van der Waals surface area contributed by atoms with Crippen LogP contribution in [0.4, 0.5) is 0 Å². The molecule has 0 aromatic heterocycles. The van der Waals surface area contributed by atoms with Gasteiger partial charge in [0.15, 0.2) is 5.96 Å². The van der Waals surface area contributed by atoms with Crippen molar-refractivity contribution in [2.24, 2.45) is 4.99 Å². The molecule has 0 spiro atoms. The SMILES string of the molecule is CCNC(=NCc1ccc(COC)cc1)NC(C)C. The summed E-state index contributed by atoms with van der Waals surface area (Å²) in [4.78, 5) is 4.56. The Morgan fingerprint density at radius 3 is 2.37 bits per heavy atom. The van der Waals surface area contributed by atoms with Crippen LogP contribution in [0, 0.1) is 0 Å². The average molecular weight is 263 g/mol. The second-order valence-corrected chi connectivity index (χ2v) is 4.74. The molecule has 0 aliphatic rings. The van der Waals surface area contributed by atoms with E-state index in [2.05, 4.69) is 60.7 Å². The van der Waals surface area contributed by atoms with E-state index in [4.69, 9.17) is 4.74 Å². The van der Waals surface area contributed by atoms with Crippen molar-refractivity contribution < 1.29 is 4.74 Å². The zero-order chi connectivity index (χ0) is 14.1. The summed E-state index contributed by atoms with van der Waals surface area (Å²) in [7, 11) is 1.71. The van der Waals surface area contributed by atoms with Crippen molar-refractivity contribution in [2.75, 3.05) is 13.7 Å².